The van der Waals surface area contributed by atoms with E-state index in [0.29, 0.717) is 0 Å². The van der Waals surface area contributed by atoms with E-state index in [4.69, 9.17) is 22.1 Å². The zero-order chi connectivity index (χ0) is 14.9. The van der Waals surface area contributed by atoms with E-state index in [1.807, 2.05) is 39.0 Å². The molecule has 0 aliphatic rings. The van der Waals surface area contributed by atoms with Crippen LogP contribution in [0.25, 0.3) is 0 Å². The molecule has 1 unspecified atom stereocenters. The first-order valence-corrected chi connectivity index (χ1v) is 6.98. The van der Waals surface area contributed by atoms with Crippen LogP contribution in [0.5, 0.6) is 5.75 Å². The van der Waals surface area contributed by atoms with E-state index in [1.54, 1.807) is 7.11 Å². The van der Waals surface area contributed by atoms with Crippen molar-refractivity contribution in [3.8, 4) is 5.75 Å². The van der Waals surface area contributed by atoms with Gasteiger partial charge in [0.25, 0.3) is 0 Å². The molecule has 20 heavy (non-hydrogen) atoms. The van der Waals surface area contributed by atoms with E-state index in [-0.39, 0.29) is 6.04 Å². The lowest BCUT2D eigenvalue weighted by Gasteiger charge is -2.18. The monoisotopic (exact) mass is 289 g/mol. The predicted molar refractivity (Wildman–Crippen MR) is 84.7 cm³/mol. The quantitative estimate of drug-likeness (QED) is 0.913. The summed E-state index contributed by atoms with van der Waals surface area (Å²) in [5.41, 5.74) is 11.9. The van der Waals surface area contributed by atoms with Crippen LogP contribution in [0, 0.1) is 20.8 Å². The summed E-state index contributed by atoms with van der Waals surface area (Å²) in [6.45, 7) is 6.11. The van der Waals surface area contributed by atoms with Gasteiger partial charge in [-0.15, -0.1) is 0 Å². The third kappa shape index (κ3) is 2.82. The maximum absolute atomic E-state index is 6.41. The van der Waals surface area contributed by atoms with Crippen molar-refractivity contribution in [3.05, 3.63) is 63.2 Å². The van der Waals surface area contributed by atoms with E-state index in [1.165, 1.54) is 0 Å². The van der Waals surface area contributed by atoms with E-state index in [9.17, 15) is 0 Å². The first-order chi connectivity index (χ1) is 9.43. The number of aryl methyl sites for hydroxylation is 3. The van der Waals surface area contributed by atoms with Gasteiger partial charge in [0.05, 0.1) is 13.2 Å². The topological polar surface area (TPSA) is 35.2 Å². The fraction of sp³-hybridized carbons (Fsp3) is 0.294. The minimum Gasteiger partial charge on any atom is -0.496 e. The highest BCUT2D eigenvalue weighted by Crippen LogP contribution is 2.30. The molecule has 0 spiro atoms. The maximum Gasteiger partial charge on any atom is 0.124 e. The summed E-state index contributed by atoms with van der Waals surface area (Å²) in [5, 5.41) is 0.737. The summed E-state index contributed by atoms with van der Waals surface area (Å²) >= 11 is 6.00. The molecule has 0 heterocycles. The molecule has 0 aliphatic carbocycles. The van der Waals surface area contributed by atoms with E-state index in [0.717, 1.165) is 38.6 Å². The Morgan fingerprint density at radius 1 is 1.00 bits per heavy atom. The van der Waals surface area contributed by atoms with Gasteiger partial charge in [0.15, 0.2) is 0 Å². The number of nitrogens with two attached hydrogens (primary N) is 1. The number of methoxy groups -OCH3 is 1. The van der Waals surface area contributed by atoms with Crippen LogP contribution < -0.4 is 10.5 Å². The second kappa shape index (κ2) is 5.86. The van der Waals surface area contributed by atoms with Crippen molar-refractivity contribution in [1.29, 1.82) is 0 Å². The minimum absolute atomic E-state index is 0.157. The third-order valence-corrected chi connectivity index (χ3v) is 3.85. The van der Waals surface area contributed by atoms with Gasteiger partial charge in [-0.3, -0.25) is 0 Å². The molecule has 0 bridgehead atoms. The van der Waals surface area contributed by atoms with Gasteiger partial charge in [-0.05, 0) is 60.7 Å². The minimum atomic E-state index is -0.157. The highest BCUT2D eigenvalue weighted by molar-refractivity contribution is 6.30. The second-order valence-electron chi connectivity index (χ2n) is 5.17. The van der Waals surface area contributed by atoms with Crippen molar-refractivity contribution >= 4 is 11.6 Å². The van der Waals surface area contributed by atoms with Crippen molar-refractivity contribution in [2.24, 2.45) is 5.73 Å². The lowest BCUT2D eigenvalue weighted by Crippen LogP contribution is -2.14. The first kappa shape index (κ1) is 14.9. The Bertz CT molecular complexity index is 614. The number of benzene rings is 2. The van der Waals surface area contributed by atoms with Crippen LogP contribution >= 0.6 is 11.6 Å². The van der Waals surface area contributed by atoms with Crippen molar-refractivity contribution in [1.82, 2.24) is 0 Å². The Kier molecular flexibility index (Phi) is 4.36. The summed E-state index contributed by atoms with van der Waals surface area (Å²) in [5.74, 6) is 0.925. The number of rotatable bonds is 3. The Labute approximate surface area is 125 Å². The van der Waals surface area contributed by atoms with Gasteiger partial charge in [-0.25, -0.2) is 0 Å². The zero-order valence-electron chi connectivity index (χ0n) is 12.3. The fourth-order valence-electron chi connectivity index (χ4n) is 2.65. The van der Waals surface area contributed by atoms with E-state index >= 15 is 0 Å². The first-order valence-electron chi connectivity index (χ1n) is 6.60. The highest BCUT2D eigenvalue weighted by Gasteiger charge is 2.14. The Morgan fingerprint density at radius 2 is 1.60 bits per heavy atom. The molecule has 2 nitrogen and oxygen atoms in total. The van der Waals surface area contributed by atoms with Crippen molar-refractivity contribution in [2.75, 3.05) is 7.11 Å². The van der Waals surface area contributed by atoms with Crippen LogP contribution in [0.1, 0.15) is 33.9 Å². The molecule has 0 fully saturated rings. The van der Waals surface area contributed by atoms with Gasteiger partial charge in [-0.2, -0.15) is 0 Å². The SMILES string of the molecule is COc1c(C)cc(C(N)c2ccc(Cl)cc2C)cc1C. The van der Waals surface area contributed by atoms with Crippen LogP contribution in [0.3, 0.4) is 0 Å². The molecule has 0 saturated carbocycles. The molecule has 0 aliphatic heterocycles. The summed E-state index contributed by atoms with van der Waals surface area (Å²) in [4.78, 5) is 0. The summed E-state index contributed by atoms with van der Waals surface area (Å²) in [6.07, 6.45) is 0. The maximum atomic E-state index is 6.41. The van der Waals surface area contributed by atoms with Crippen LogP contribution in [-0.2, 0) is 0 Å². The highest BCUT2D eigenvalue weighted by atomic mass is 35.5. The Morgan fingerprint density at radius 3 is 2.10 bits per heavy atom. The molecule has 2 aromatic carbocycles. The van der Waals surface area contributed by atoms with Gasteiger partial charge in [0.1, 0.15) is 5.75 Å². The fourth-order valence-corrected chi connectivity index (χ4v) is 2.88. The standard InChI is InChI=1S/C17H20ClNO/c1-10-9-14(18)5-6-15(10)16(19)13-7-11(2)17(20-4)12(3)8-13/h5-9,16H,19H2,1-4H3. The lowest BCUT2D eigenvalue weighted by atomic mass is 9.93. The smallest absolute Gasteiger partial charge is 0.124 e. The summed E-state index contributed by atoms with van der Waals surface area (Å²) < 4.78 is 5.40. The van der Waals surface area contributed by atoms with Crippen LogP contribution in [-0.4, -0.2) is 7.11 Å². The molecule has 106 valence electrons. The average molecular weight is 290 g/mol. The summed E-state index contributed by atoms with van der Waals surface area (Å²) in [7, 11) is 1.69. The normalized spacial score (nSPS) is 12.3. The largest absolute Gasteiger partial charge is 0.496 e. The number of ether oxygens (including phenoxy) is 1. The lowest BCUT2D eigenvalue weighted by molar-refractivity contribution is 0.408. The van der Waals surface area contributed by atoms with Crippen molar-refractivity contribution in [3.63, 3.8) is 0 Å². The van der Waals surface area contributed by atoms with Crippen LogP contribution in [0.15, 0.2) is 30.3 Å². The van der Waals surface area contributed by atoms with Crippen LogP contribution in [0.4, 0.5) is 0 Å². The van der Waals surface area contributed by atoms with Gasteiger partial charge in [0.2, 0.25) is 0 Å². The van der Waals surface area contributed by atoms with Gasteiger partial charge >= 0.3 is 0 Å². The van der Waals surface area contributed by atoms with Crippen LogP contribution in [0.2, 0.25) is 5.02 Å². The average Bonchev–Trinajstić information content (AvgIpc) is 2.37. The zero-order valence-corrected chi connectivity index (χ0v) is 13.1. The number of halogens is 1. The number of hydrogen-bond donors (Lipinski definition) is 1. The molecule has 2 N–H and O–H groups in total. The summed E-state index contributed by atoms with van der Waals surface area (Å²) in [6, 6.07) is 9.84. The molecule has 3 heteroatoms. The molecular formula is C17H20ClNO. The molecule has 0 aromatic heterocycles. The van der Waals surface area contributed by atoms with Crippen molar-refractivity contribution in [2.45, 2.75) is 26.8 Å². The Hall–Kier alpha value is -1.51. The van der Waals surface area contributed by atoms with E-state index in [2.05, 4.69) is 12.1 Å². The van der Waals surface area contributed by atoms with E-state index < -0.39 is 0 Å². The molecular weight excluding hydrogens is 270 g/mol. The van der Waals surface area contributed by atoms with Gasteiger partial charge in [-0.1, -0.05) is 29.8 Å². The second-order valence-corrected chi connectivity index (χ2v) is 5.60. The van der Waals surface area contributed by atoms with Gasteiger partial charge in [0, 0.05) is 5.02 Å². The molecule has 0 radical (unpaired) electrons. The Balaban J connectivity index is 2.45. The molecule has 2 aromatic rings. The van der Waals surface area contributed by atoms with Crippen molar-refractivity contribution < 1.29 is 4.74 Å². The number of hydrogen-bond acceptors (Lipinski definition) is 2. The molecule has 0 amide bonds. The third-order valence-electron chi connectivity index (χ3n) is 3.61. The molecule has 2 rings (SSSR count). The predicted octanol–water partition coefficient (Wildman–Crippen LogP) is 4.32. The van der Waals surface area contributed by atoms with Gasteiger partial charge < -0.3 is 10.5 Å². The molecule has 1 atom stereocenters. The molecule has 0 saturated heterocycles.